The molecule has 4 nitrogen and oxygen atoms in total. The largest absolute Gasteiger partial charge is 0.392 e. The van der Waals surface area contributed by atoms with Gasteiger partial charge in [-0.2, -0.15) is 0 Å². The summed E-state index contributed by atoms with van der Waals surface area (Å²) in [5.41, 5.74) is 2.34. The molecule has 0 unspecified atom stereocenters. The van der Waals surface area contributed by atoms with Crippen LogP contribution >= 0.6 is 11.6 Å². The van der Waals surface area contributed by atoms with Crippen LogP contribution in [0, 0.1) is 6.92 Å². The monoisotopic (exact) mass is 325 g/mol. The van der Waals surface area contributed by atoms with Gasteiger partial charge in [-0.05, 0) is 36.2 Å². The first-order valence-electron chi connectivity index (χ1n) is 6.37. The highest BCUT2D eigenvalue weighted by Crippen LogP contribution is 2.20. The van der Waals surface area contributed by atoms with Crippen LogP contribution in [0.2, 0.25) is 5.02 Å². The van der Waals surface area contributed by atoms with Crippen LogP contribution in [-0.2, 0) is 23.2 Å². The van der Waals surface area contributed by atoms with E-state index >= 15 is 0 Å². The lowest BCUT2D eigenvalue weighted by Crippen LogP contribution is -2.23. The Kier molecular flexibility index (Phi) is 5.00. The van der Waals surface area contributed by atoms with Gasteiger partial charge in [0.25, 0.3) is 0 Å². The second-order valence-corrected chi connectivity index (χ2v) is 6.90. The maximum absolute atomic E-state index is 12.2. The molecule has 0 fully saturated rings. The maximum Gasteiger partial charge on any atom is 0.240 e. The van der Waals surface area contributed by atoms with Crippen LogP contribution in [-0.4, -0.2) is 13.5 Å². The summed E-state index contributed by atoms with van der Waals surface area (Å²) in [6, 6.07) is 11.9. The van der Waals surface area contributed by atoms with Crippen molar-refractivity contribution in [2.24, 2.45) is 0 Å². The number of hydrogen-bond donors (Lipinski definition) is 2. The second kappa shape index (κ2) is 6.58. The maximum atomic E-state index is 12.2. The van der Waals surface area contributed by atoms with Crippen LogP contribution in [0.5, 0.6) is 0 Å². The van der Waals surface area contributed by atoms with E-state index in [4.69, 9.17) is 16.7 Å². The molecule has 0 heterocycles. The summed E-state index contributed by atoms with van der Waals surface area (Å²) in [5.74, 6) is 0. The van der Waals surface area contributed by atoms with E-state index in [1.165, 1.54) is 18.2 Å². The van der Waals surface area contributed by atoms with Crippen molar-refractivity contribution in [2.45, 2.75) is 25.0 Å². The van der Waals surface area contributed by atoms with Crippen LogP contribution in [0.25, 0.3) is 0 Å². The lowest BCUT2D eigenvalue weighted by atomic mass is 10.1. The fraction of sp³-hybridized carbons (Fsp3) is 0.200. The number of rotatable bonds is 5. The van der Waals surface area contributed by atoms with Gasteiger partial charge in [-0.15, -0.1) is 0 Å². The number of aliphatic hydroxyl groups is 1. The molecule has 0 atom stereocenters. The minimum absolute atomic E-state index is 0.0867. The van der Waals surface area contributed by atoms with Crippen LogP contribution < -0.4 is 4.72 Å². The third-order valence-corrected chi connectivity index (χ3v) is 4.81. The fourth-order valence-electron chi connectivity index (χ4n) is 1.92. The summed E-state index contributed by atoms with van der Waals surface area (Å²) in [6.45, 7) is 1.85. The second-order valence-electron chi connectivity index (χ2n) is 4.72. The zero-order valence-corrected chi connectivity index (χ0v) is 13.1. The molecule has 0 aliphatic heterocycles. The van der Waals surface area contributed by atoms with Crippen LogP contribution in [0.1, 0.15) is 16.7 Å². The van der Waals surface area contributed by atoms with Gasteiger partial charge in [-0.3, -0.25) is 0 Å². The summed E-state index contributed by atoms with van der Waals surface area (Å²) in [5, 5.41) is 9.49. The summed E-state index contributed by atoms with van der Waals surface area (Å²) >= 11 is 5.86. The van der Waals surface area contributed by atoms with Gasteiger partial charge in [-0.1, -0.05) is 41.4 Å². The lowest BCUT2D eigenvalue weighted by Gasteiger charge is -2.09. The number of aliphatic hydroxyl groups excluding tert-OH is 1. The SMILES string of the molecule is Cc1cccc(CNS(=O)(=O)c2ccc(Cl)c(CO)c2)c1. The average molecular weight is 326 g/mol. The molecule has 0 saturated carbocycles. The Hall–Kier alpha value is -1.40. The van der Waals surface area contributed by atoms with E-state index in [0.717, 1.165) is 11.1 Å². The number of benzene rings is 2. The molecule has 112 valence electrons. The summed E-state index contributed by atoms with van der Waals surface area (Å²) in [7, 11) is -3.64. The summed E-state index contributed by atoms with van der Waals surface area (Å²) in [4.78, 5) is 0.0867. The molecule has 6 heteroatoms. The molecular weight excluding hydrogens is 310 g/mol. The normalized spacial score (nSPS) is 11.6. The Morgan fingerprint density at radius 1 is 1.19 bits per heavy atom. The Morgan fingerprint density at radius 3 is 2.62 bits per heavy atom. The van der Waals surface area contributed by atoms with Gasteiger partial charge in [0.05, 0.1) is 11.5 Å². The molecule has 0 radical (unpaired) electrons. The summed E-state index contributed by atoms with van der Waals surface area (Å²) in [6.07, 6.45) is 0. The van der Waals surface area contributed by atoms with E-state index in [1.54, 1.807) is 0 Å². The van der Waals surface area contributed by atoms with Gasteiger partial charge in [0.1, 0.15) is 0 Å². The Bertz CT molecular complexity index is 744. The van der Waals surface area contributed by atoms with Gasteiger partial charge >= 0.3 is 0 Å². The first-order valence-corrected chi connectivity index (χ1v) is 8.23. The van der Waals surface area contributed by atoms with E-state index in [9.17, 15) is 8.42 Å². The minimum Gasteiger partial charge on any atom is -0.392 e. The lowest BCUT2D eigenvalue weighted by molar-refractivity contribution is 0.281. The molecule has 0 aromatic heterocycles. The third kappa shape index (κ3) is 4.04. The highest BCUT2D eigenvalue weighted by molar-refractivity contribution is 7.89. The number of nitrogens with one attached hydrogen (secondary N) is 1. The van der Waals surface area contributed by atoms with Crippen molar-refractivity contribution >= 4 is 21.6 Å². The highest BCUT2D eigenvalue weighted by atomic mass is 35.5. The first-order chi connectivity index (χ1) is 9.92. The van der Waals surface area contributed by atoms with Crippen molar-refractivity contribution in [3.8, 4) is 0 Å². The smallest absolute Gasteiger partial charge is 0.240 e. The molecule has 0 aliphatic rings. The number of halogens is 1. The zero-order valence-electron chi connectivity index (χ0n) is 11.5. The predicted octanol–water partition coefficient (Wildman–Crippen LogP) is 2.62. The van der Waals surface area contributed by atoms with Crippen LogP contribution in [0.3, 0.4) is 0 Å². The van der Waals surface area contributed by atoms with Gasteiger partial charge in [0, 0.05) is 11.6 Å². The first kappa shape index (κ1) is 16.0. The highest BCUT2D eigenvalue weighted by Gasteiger charge is 2.15. The van der Waals surface area contributed by atoms with Crippen molar-refractivity contribution in [3.05, 3.63) is 64.2 Å². The van der Waals surface area contributed by atoms with Crippen molar-refractivity contribution in [1.29, 1.82) is 0 Å². The van der Waals surface area contributed by atoms with Gasteiger partial charge in [0.15, 0.2) is 0 Å². The number of aryl methyl sites for hydroxylation is 1. The molecule has 2 aromatic carbocycles. The van der Waals surface area contributed by atoms with E-state index < -0.39 is 10.0 Å². The molecule has 2 N–H and O–H groups in total. The van der Waals surface area contributed by atoms with Crippen molar-refractivity contribution in [3.63, 3.8) is 0 Å². The van der Waals surface area contributed by atoms with E-state index in [1.807, 2.05) is 31.2 Å². The number of hydrogen-bond acceptors (Lipinski definition) is 3. The summed E-state index contributed by atoms with van der Waals surface area (Å²) < 4.78 is 27.0. The standard InChI is InChI=1S/C15H16ClNO3S/c1-11-3-2-4-12(7-11)9-17-21(19,20)14-5-6-15(16)13(8-14)10-18/h2-8,17-18H,9-10H2,1H3. The zero-order chi connectivity index (χ0) is 15.5. The molecule has 0 amide bonds. The molecule has 0 saturated heterocycles. The van der Waals surface area contributed by atoms with Crippen LogP contribution in [0.4, 0.5) is 0 Å². The van der Waals surface area contributed by atoms with Gasteiger partial charge in [0.2, 0.25) is 10.0 Å². The van der Waals surface area contributed by atoms with Crippen molar-refractivity contribution < 1.29 is 13.5 Å². The number of sulfonamides is 1. The Morgan fingerprint density at radius 2 is 1.95 bits per heavy atom. The molecule has 0 aliphatic carbocycles. The van der Waals surface area contributed by atoms with Crippen LogP contribution in [0.15, 0.2) is 47.4 Å². The Balaban J connectivity index is 2.18. The molecule has 2 aromatic rings. The predicted molar refractivity (Wildman–Crippen MR) is 82.6 cm³/mol. The molecular formula is C15H16ClNO3S. The van der Waals surface area contributed by atoms with Crippen molar-refractivity contribution in [1.82, 2.24) is 4.72 Å². The Labute approximate surface area is 129 Å². The van der Waals surface area contributed by atoms with Gasteiger partial charge < -0.3 is 5.11 Å². The van der Waals surface area contributed by atoms with E-state index in [2.05, 4.69) is 4.72 Å². The molecule has 21 heavy (non-hydrogen) atoms. The topological polar surface area (TPSA) is 66.4 Å². The fourth-order valence-corrected chi connectivity index (χ4v) is 3.17. The van der Waals surface area contributed by atoms with Crippen molar-refractivity contribution in [2.75, 3.05) is 0 Å². The molecule has 2 rings (SSSR count). The molecule has 0 spiro atoms. The van der Waals surface area contributed by atoms with E-state index in [-0.39, 0.29) is 18.0 Å². The van der Waals surface area contributed by atoms with E-state index in [0.29, 0.717) is 10.6 Å². The van der Waals surface area contributed by atoms with Gasteiger partial charge in [-0.25, -0.2) is 13.1 Å². The quantitative estimate of drug-likeness (QED) is 0.888. The third-order valence-electron chi connectivity index (χ3n) is 3.05. The average Bonchev–Trinajstić information content (AvgIpc) is 2.46. The molecule has 0 bridgehead atoms. The minimum atomic E-state index is -3.64.